The van der Waals surface area contributed by atoms with Gasteiger partial charge in [-0.05, 0) is 64.2 Å². The second kappa shape index (κ2) is 52.7. The number of rotatable bonds is 51. The van der Waals surface area contributed by atoms with E-state index in [0.29, 0.717) is 19.4 Å². The summed E-state index contributed by atoms with van der Waals surface area (Å²) in [6, 6.07) is -0.630. The predicted molar refractivity (Wildman–Crippen MR) is 273 cm³/mol. The van der Waals surface area contributed by atoms with Crippen molar-refractivity contribution in [3.05, 3.63) is 36.5 Å². The summed E-state index contributed by atoms with van der Waals surface area (Å²) in [7, 11) is 0. The Morgan fingerprint density at radius 3 is 1.21 bits per heavy atom. The van der Waals surface area contributed by atoms with Crippen LogP contribution in [0.1, 0.15) is 290 Å². The maximum Gasteiger partial charge on any atom is 0.305 e. The third-order valence-electron chi connectivity index (χ3n) is 12.7. The lowest BCUT2D eigenvalue weighted by Gasteiger charge is -2.20. The van der Waals surface area contributed by atoms with Crippen molar-refractivity contribution in [1.82, 2.24) is 5.32 Å². The van der Waals surface area contributed by atoms with Gasteiger partial charge in [0.25, 0.3) is 0 Å². The summed E-state index contributed by atoms with van der Waals surface area (Å²) in [5, 5.41) is 22.9. The molecule has 0 aromatic rings. The number of esters is 1. The second-order valence-corrected chi connectivity index (χ2v) is 18.9. The monoisotopic (exact) mass is 886 g/mol. The smallest absolute Gasteiger partial charge is 0.305 e. The van der Waals surface area contributed by atoms with Crippen molar-refractivity contribution >= 4 is 11.9 Å². The number of amides is 1. The van der Waals surface area contributed by atoms with Gasteiger partial charge >= 0.3 is 5.97 Å². The molecule has 0 aliphatic heterocycles. The van der Waals surface area contributed by atoms with Crippen LogP contribution in [0.3, 0.4) is 0 Å². The molecule has 0 saturated carbocycles. The van der Waals surface area contributed by atoms with Gasteiger partial charge in [-0.1, -0.05) is 249 Å². The largest absolute Gasteiger partial charge is 0.466 e. The number of carbonyl (C=O) groups is 2. The minimum Gasteiger partial charge on any atom is -0.466 e. The van der Waals surface area contributed by atoms with E-state index in [1.54, 1.807) is 6.08 Å². The topological polar surface area (TPSA) is 95.9 Å². The molecule has 1 amide bonds. The van der Waals surface area contributed by atoms with Crippen LogP contribution in [0, 0.1) is 0 Å². The van der Waals surface area contributed by atoms with Crippen LogP contribution in [0.5, 0.6) is 0 Å². The lowest BCUT2D eigenvalue weighted by molar-refractivity contribution is -0.143. The van der Waals surface area contributed by atoms with Gasteiger partial charge in [0.1, 0.15) is 0 Å². The summed E-state index contributed by atoms with van der Waals surface area (Å²) >= 11 is 0. The number of aliphatic hydroxyl groups is 2. The number of carbonyl (C=O) groups excluding carboxylic acids is 2. The van der Waals surface area contributed by atoms with Crippen LogP contribution in [0.4, 0.5) is 0 Å². The minimum absolute atomic E-state index is 0.00767. The summed E-state index contributed by atoms with van der Waals surface area (Å²) in [6.45, 7) is 4.87. The fourth-order valence-corrected chi connectivity index (χ4v) is 8.37. The van der Waals surface area contributed by atoms with Crippen molar-refractivity contribution in [3.8, 4) is 0 Å². The number of hydrogen-bond donors (Lipinski definition) is 3. The number of unbranched alkanes of at least 4 members (excludes halogenated alkanes) is 36. The Labute approximate surface area is 392 Å². The number of allylic oxidation sites excluding steroid dienone is 5. The van der Waals surface area contributed by atoms with Gasteiger partial charge in [-0.15, -0.1) is 0 Å². The Hall–Kier alpha value is -1.92. The Morgan fingerprint density at radius 1 is 0.444 bits per heavy atom. The van der Waals surface area contributed by atoms with Crippen molar-refractivity contribution in [2.45, 2.75) is 302 Å². The fourth-order valence-electron chi connectivity index (χ4n) is 8.37. The number of aliphatic hydroxyl groups excluding tert-OH is 2. The molecule has 63 heavy (non-hydrogen) atoms. The van der Waals surface area contributed by atoms with Crippen LogP contribution < -0.4 is 5.32 Å². The molecule has 0 aromatic carbocycles. The summed E-state index contributed by atoms with van der Waals surface area (Å²) in [4.78, 5) is 24.4. The molecule has 3 N–H and O–H groups in total. The van der Waals surface area contributed by atoms with E-state index in [0.717, 1.165) is 44.9 Å². The molecule has 0 saturated heterocycles. The molecular formula is C57H107NO5. The van der Waals surface area contributed by atoms with Gasteiger partial charge in [0.2, 0.25) is 5.91 Å². The molecule has 0 aliphatic rings. The Morgan fingerprint density at radius 2 is 0.794 bits per heavy atom. The zero-order chi connectivity index (χ0) is 45.8. The van der Waals surface area contributed by atoms with Crippen LogP contribution in [0.25, 0.3) is 0 Å². The average molecular weight is 886 g/mol. The van der Waals surface area contributed by atoms with Gasteiger partial charge in [-0.25, -0.2) is 0 Å². The quantitative estimate of drug-likeness (QED) is 0.0321. The molecular weight excluding hydrogens is 779 g/mol. The number of hydrogen-bond acceptors (Lipinski definition) is 5. The highest BCUT2D eigenvalue weighted by Gasteiger charge is 2.18. The molecule has 0 heterocycles. The van der Waals surface area contributed by atoms with E-state index < -0.39 is 12.1 Å². The highest BCUT2D eigenvalue weighted by molar-refractivity contribution is 5.76. The maximum atomic E-state index is 12.4. The molecule has 0 aliphatic carbocycles. The van der Waals surface area contributed by atoms with Gasteiger partial charge in [-0.2, -0.15) is 0 Å². The first-order chi connectivity index (χ1) is 31.0. The third-order valence-corrected chi connectivity index (χ3v) is 12.7. The van der Waals surface area contributed by atoms with Crippen LogP contribution in [-0.4, -0.2) is 47.4 Å². The standard InChI is InChI=1S/C57H107NO5/c1-3-5-7-9-11-13-30-35-39-43-47-51-57(62)63-52-48-44-40-36-32-29-27-25-23-21-19-17-15-16-18-20-22-24-26-28-31-34-38-42-46-50-56(61)58-54(53-59)55(60)49-45-41-37-33-14-12-10-8-6-4-2/h16-19,45,49,54-55,59-60H,3-15,20-44,46-48,50-53H2,1-2H3,(H,58,61)/b18-16-,19-17-,49-45+. The minimum atomic E-state index is -0.846. The number of ether oxygens (including phenoxy) is 1. The van der Waals surface area contributed by atoms with Crippen LogP contribution in [-0.2, 0) is 14.3 Å². The molecule has 0 fully saturated rings. The van der Waals surface area contributed by atoms with E-state index >= 15 is 0 Å². The number of nitrogens with one attached hydrogen (secondary N) is 1. The highest BCUT2D eigenvalue weighted by Crippen LogP contribution is 2.16. The van der Waals surface area contributed by atoms with Crippen molar-refractivity contribution in [2.24, 2.45) is 0 Å². The second-order valence-electron chi connectivity index (χ2n) is 18.9. The van der Waals surface area contributed by atoms with Crippen molar-refractivity contribution in [2.75, 3.05) is 13.2 Å². The Kier molecular flexibility index (Phi) is 51.1. The third kappa shape index (κ3) is 49.4. The highest BCUT2D eigenvalue weighted by atomic mass is 16.5. The first kappa shape index (κ1) is 61.1. The predicted octanol–water partition coefficient (Wildman–Crippen LogP) is 16.9. The van der Waals surface area contributed by atoms with E-state index in [1.807, 2.05) is 6.08 Å². The van der Waals surface area contributed by atoms with E-state index in [-0.39, 0.29) is 18.5 Å². The van der Waals surface area contributed by atoms with Crippen molar-refractivity contribution in [3.63, 3.8) is 0 Å². The molecule has 2 unspecified atom stereocenters. The summed E-state index contributed by atoms with van der Waals surface area (Å²) in [5.41, 5.74) is 0. The normalized spacial score (nSPS) is 12.9. The molecule has 0 rings (SSSR count). The lowest BCUT2D eigenvalue weighted by atomic mass is 10.0. The molecule has 0 spiro atoms. The SMILES string of the molecule is CCCCCCCCCC/C=C/C(O)C(CO)NC(=O)CCCCCCCCCCC/C=C\C/C=C\CCCCCCCCCCCOC(=O)CCCCCCCCCCCCC. The van der Waals surface area contributed by atoms with E-state index in [9.17, 15) is 19.8 Å². The molecule has 370 valence electrons. The lowest BCUT2D eigenvalue weighted by Crippen LogP contribution is -2.45. The van der Waals surface area contributed by atoms with Crippen molar-refractivity contribution < 1.29 is 24.5 Å². The molecule has 6 nitrogen and oxygen atoms in total. The Balaban J connectivity index is 3.44. The average Bonchev–Trinajstić information content (AvgIpc) is 3.28. The summed E-state index contributed by atoms with van der Waals surface area (Å²) in [5.74, 6) is -0.0687. The maximum absolute atomic E-state index is 12.4. The molecule has 0 bridgehead atoms. The zero-order valence-corrected chi connectivity index (χ0v) is 42.1. The van der Waals surface area contributed by atoms with E-state index in [1.165, 1.54) is 218 Å². The van der Waals surface area contributed by atoms with E-state index in [2.05, 4.69) is 43.5 Å². The molecule has 6 heteroatoms. The Bertz CT molecular complexity index is 1020. The molecule has 0 radical (unpaired) electrons. The first-order valence-corrected chi connectivity index (χ1v) is 27.8. The van der Waals surface area contributed by atoms with Gasteiger partial charge in [0, 0.05) is 12.8 Å². The molecule has 0 aromatic heterocycles. The van der Waals surface area contributed by atoms with Crippen LogP contribution >= 0.6 is 0 Å². The van der Waals surface area contributed by atoms with Crippen molar-refractivity contribution in [1.29, 1.82) is 0 Å². The first-order valence-electron chi connectivity index (χ1n) is 27.8. The summed E-state index contributed by atoms with van der Waals surface area (Å²) in [6.07, 6.45) is 64.6. The van der Waals surface area contributed by atoms with Gasteiger partial charge in [0.05, 0.1) is 25.4 Å². The van der Waals surface area contributed by atoms with Gasteiger partial charge in [0.15, 0.2) is 0 Å². The zero-order valence-electron chi connectivity index (χ0n) is 42.1. The molecule has 2 atom stereocenters. The van der Waals surface area contributed by atoms with Gasteiger partial charge < -0.3 is 20.3 Å². The fraction of sp³-hybridized carbons (Fsp3) is 0.860. The van der Waals surface area contributed by atoms with Gasteiger partial charge in [-0.3, -0.25) is 9.59 Å². The van der Waals surface area contributed by atoms with Crippen LogP contribution in [0.15, 0.2) is 36.5 Å². The van der Waals surface area contributed by atoms with E-state index in [4.69, 9.17) is 4.74 Å². The van der Waals surface area contributed by atoms with Crippen LogP contribution in [0.2, 0.25) is 0 Å². The summed E-state index contributed by atoms with van der Waals surface area (Å²) < 4.78 is 5.46.